The van der Waals surface area contributed by atoms with Gasteiger partial charge >= 0.3 is 0 Å². The van der Waals surface area contributed by atoms with Crippen LogP contribution in [0.15, 0.2) is 0 Å². The summed E-state index contributed by atoms with van der Waals surface area (Å²) >= 11 is 0. The highest BCUT2D eigenvalue weighted by atomic mass is 32.2. The van der Waals surface area contributed by atoms with E-state index in [1.54, 1.807) is 0 Å². The van der Waals surface area contributed by atoms with Gasteiger partial charge in [0.1, 0.15) is 0 Å². The monoisotopic (exact) mass is 274 g/mol. The number of aliphatic hydroxyl groups excluding tert-OH is 2. The Morgan fingerprint density at radius 2 is 1.82 bits per heavy atom. The molecule has 9 heteroatoms. The number of halogens is 2. The fraction of sp³-hybridized carbons (Fsp3) is 1.00. The second-order valence-corrected chi connectivity index (χ2v) is 6.31. The second-order valence-electron chi connectivity index (χ2n) is 4.16. The Morgan fingerprint density at radius 3 is 2.24 bits per heavy atom. The molecule has 1 heterocycles. The average Bonchev–Trinajstić information content (AvgIpc) is 2.20. The molecule has 6 nitrogen and oxygen atoms in total. The third kappa shape index (κ3) is 2.91. The molecule has 1 aliphatic heterocycles. The average molecular weight is 274 g/mol. The molecule has 0 bridgehead atoms. The summed E-state index contributed by atoms with van der Waals surface area (Å²) in [5.41, 5.74) is 0. The smallest absolute Gasteiger partial charge is 0.281 e. The Labute approximate surface area is 98.6 Å². The van der Waals surface area contributed by atoms with E-state index in [1.165, 1.54) is 14.1 Å². The van der Waals surface area contributed by atoms with Crippen molar-refractivity contribution in [3.63, 3.8) is 0 Å². The zero-order valence-corrected chi connectivity index (χ0v) is 10.3. The molecule has 17 heavy (non-hydrogen) atoms. The van der Waals surface area contributed by atoms with E-state index in [9.17, 15) is 27.4 Å². The summed E-state index contributed by atoms with van der Waals surface area (Å²) in [7, 11) is -1.32. The van der Waals surface area contributed by atoms with Crippen LogP contribution in [0.5, 0.6) is 0 Å². The van der Waals surface area contributed by atoms with Gasteiger partial charge in [0.25, 0.3) is 10.2 Å². The summed E-state index contributed by atoms with van der Waals surface area (Å²) in [6.07, 6.45) is -6.00. The molecule has 2 N–H and O–H groups in total. The summed E-state index contributed by atoms with van der Waals surface area (Å²) in [5.74, 6) is -1.58. The van der Waals surface area contributed by atoms with E-state index in [2.05, 4.69) is 0 Å². The van der Waals surface area contributed by atoms with Crippen molar-refractivity contribution in [2.75, 3.05) is 27.2 Å². The van der Waals surface area contributed by atoms with Gasteiger partial charge in [-0.3, -0.25) is 0 Å². The molecule has 1 saturated heterocycles. The number of rotatable bonds is 3. The van der Waals surface area contributed by atoms with Crippen molar-refractivity contribution in [2.45, 2.75) is 18.6 Å². The van der Waals surface area contributed by atoms with Crippen molar-refractivity contribution in [2.24, 2.45) is 5.92 Å². The van der Waals surface area contributed by atoms with Gasteiger partial charge in [-0.25, -0.2) is 8.78 Å². The molecule has 0 aromatic rings. The molecule has 0 amide bonds. The Bertz CT molecular complexity index is 363. The van der Waals surface area contributed by atoms with Crippen LogP contribution in [0, 0.1) is 5.92 Å². The van der Waals surface area contributed by atoms with Gasteiger partial charge in [0.2, 0.25) is 6.43 Å². The SMILES string of the molecule is CN(C)S(=O)(=O)N1CC(O)[C@H](O)[C@@H](C(F)F)C1. The number of piperidine rings is 1. The lowest BCUT2D eigenvalue weighted by Crippen LogP contribution is -2.57. The molecule has 0 spiro atoms. The minimum Gasteiger partial charge on any atom is -0.390 e. The molecule has 0 saturated carbocycles. The van der Waals surface area contributed by atoms with Crippen LogP contribution in [0.1, 0.15) is 0 Å². The first-order valence-electron chi connectivity index (χ1n) is 4.99. The molecule has 0 aromatic heterocycles. The zero-order valence-electron chi connectivity index (χ0n) is 9.49. The lowest BCUT2D eigenvalue weighted by atomic mass is 9.94. The third-order valence-corrected chi connectivity index (χ3v) is 4.62. The first kappa shape index (κ1) is 14.7. The number of β-amino-alcohol motifs (C(OH)–C–C–N with tert-alkyl or cyclic N) is 1. The first-order valence-corrected chi connectivity index (χ1v) is 6.39. The van der Waals surface area contributed by atoms with E-state index in [-0.39, 0.29) is 6.54 Å². The van der Waals surface area contributed by atoms with Gasteiger partial charge < -0.3 is 10.2 Å². The summed E-state index contributed by atoms with van der Waals surface area (Å²) in [6.45, 7) is -0.888. The molecule has 1 aliphatic rings. The number of nitrogens with zero attached hydrogens (tertiary/aromatic N) is 2. The predicted octanol–water partition coefficient (Wildman–Crippen LogP) is -1.29. The van der Waals surface area contributed by atoms with Gasteiger partial charge in [-0.05, 0) is 0 Å². The van der Waals surface area contributed by atoms with E-state index in [4.69, 9.17) is 0 Å². The van der Waals surface area contributed by atoms with Crippen LogP contribution in [0.2, 0.25) is 0 Å². The molecular formula is C8H16F2N2O4S. The van der Waals surface area contributed by atoms with Crippen molar-refractivity contribution in [3.8, 4) is 0 Å². The van der Waals surface area contributed by atoms with Gasteiger partial charge in [-0.1, -0.05) is 0 Å². The minimum atomic E-state index is -3.86. The molecule has 0 aromatic carbocycles. The van der Waals surface area contributed by atoms with Gasteiger partial charge in [-0.2, -0.15) is 17.0 Å². The summed E-state index contributed by atoms with van der Waals surface area (Å²) in [4.78, 5) is 0. The standard InChI is InChI=1S/C8H16F2N2O4S/c1-11(2)17(15,16)12-3-5(8(9)10)7(14)6(13)4-12/h5-8,13-14H,3-4H2,1-2H3/t5-,6?,7+/m0/s1. The predicted molar refractivity (Wildman–Crippen MR) is 55.7 cm³/mol. The van der Waals surface area contributed by atoms with Crippen LogP contribution in [0.25, 0.3) is 0 Å². The highest BCUT2D eigenvalue weighted by Crippen LogP contribution is 2.25. The van der Waals surface area contributed by atoms with E-state index >= 15 is 0 Å². The number of hydrogen-bond acceptors (Lipinski definition) is 4. The van der Waals surface area contributed by atoms with E-state index in [0.717, 1.165) is 8.61 Å². The van der Waals surface area contributed by atoms with E-state index < -0.39 is 41.3 Å². The zero-order chi connectivity index (χ0) is 13.4. The van der Waals surface area contributed by atoms with Crippen molar-refractivity contribution in [1.29, 1.82) is 0 Å². The summed E-state index contributed by atoms with van der Waals surface area (Å²) in [5, 5.41) is 18.8. The normalized spacial score (nSPS) is 32.4. The maximum atomic E-state index is 12.6. The number of alkyl halides is 2. The molecule has 1 fully saturated rings. The quantitative estimate of drug-likeness (QED) is 0.671. The van der Waals surface area contributed by atoms with Crippen LogP contribution < -0.4 is 0 Å². The Balaban J connectivity index is 2.92. The molecule has 0 radical (unpaired) electrons. The number of hydrogen-bond donors (Lipinski definition) is 2. The molecular weight excluding hydrogens is 258 g/mol. The third-order valence-electron chi connectivity index (χ3n) is 2.75. The maximum Gasteiger partial charge on any atom is 0.281 e. The topological polar surface area (TPSA) is 81.1 Å². The second kappa shape index (κ2) is 5.11. The summed E-state index contributed by atoms with van der Waals surface area (Å²) in [6, 6.07) is 0. The molecule has 1 rings (SSSR count). The maximum absolute atomic E-state index is 12.6. The van der Waals surface area contributed by atoms with Crippen LogP contribution in [-0.2, 0) is 10.2 Å². The van der Waals surface area contributed by atoms with Crippen molar-refractivity contribution in [1.82, 2.24) is 8.61 Å². The lowest BCUT2D eigenvalue weighted by Gasteiger charge is -2.38. The van der Waals surface area contributed by atoms with Crippen molar-refractivity contribution in [3.05, 3.63) is 0 Å². The molecule has 3 atom stereocenters. The van der Waals surface area contributed by atoms with Gasteiger partial charge in [-0.15, -0.1) is 0 Å². The highest BCUT2D eigenvalue weighted by molar-refractivity contribution is 7.86. The highest BCUT2D eigenvalue weighted by Gasteiger charge is 2.43. The van der Waals surface area contributed by atoms with Gasteiger partial charge in [0, 0.05) is 27.2 Å². The largest absolute Gasteiger partial charge is 0.390 e. The Kier molecular flexibility index (Phi) is 4.42. The fourth-order valence-electron chi connectivity index (χ4n) is 1.67. The lowest BCUT2D eigenvalue weighted by molar-refractivity contribution is -0.102. The van der Waals surface area contributed by atoms with E-state index in [1.807, 2.05) is 0 Å². The molecule has 0 aliphatic carbocycles. The van der Waals surface area contributed by atoms with Crippen LogP contribution in [0.3, 0.4) is 0 Å². The van der Waals surface area contributed by atoms with Crippen molar-refractivity contribution < 1.29 is 27.4 Å². The fourth-order valence-corrected chi connectivity index (χ4v) is 2.83. The number of aliphatic hydroxyl groups is 2. The first-order chi connectivity index (χ1) is 7.67. The summed E-state index contributed by atoms with van der Waals surface area (Å²) < 4.78 is 50.3. The van der Waals surface area contributed by atoms with Crippen LogP contribution in [-0.4, -0.2) is 73.1 Å². The minimum absolute atomic E-state index is 0.384. The molecule has 1 unspecified atom stereocenters. The Hall–Kier alpha value is -0.350. The van der Waals surface area contributed by atoms with Crippen LogP contribution >= 0.6 is 0 Å². The van der Waals surface area contributed by atoms with Crippen molar-refractivity contribution >= 4 is 10.2 Å². The van der Waals surface area contributed by atoms with Gasteiger partial charge in [0.05, 0.1) is 18.1 Å². The Morgan fingerprint density at radius 1 is 1.29 bits per heavy atom. The molecule has 102 valence electrons. The van der Waals surface area contributed by atoms with Crippen LogP contribution in [0.4, 0.5) is 8.78 Å². The van der Waals surface area contributed by atoms with E-state index in [0.29, 0.717) is 0 Å². The van der Waals surface area contributed by atoms with Gasteiger partial charge in [0.15, 0.2) is 0 Å².